The van der Waals surface area contributed by atoms with Crippen LogP contribution >= 0.6 is 24.0 Å². The Morgan fingerprint density at radius 1 is 1.25 bits per heavy atom. The van der Waals surface area contributed by atoms with Crippen LogP contribution in [0.1, 0.15) is 34.5 Å². The van der Waals surface area contributed by atoms with Crippen molar-refractivity contribution in [2.75, 3.05) is 20.6 Å². The predicted octanol–water partition coefficient (Wildman–Crippen LogP) is 3.80. The summed E-state index contributed by atoms with van der Waals surface area (Å²) in [6.45, 7) is 5.62. The van der Waals surface area contributed by atoms with Crippen LogP contribution in [-0.2, 0) is 13.1 Å². The minimum absolute atomic E-state index is 0. The molecule has 152 valence electrons. The van der Waals surface area contributed by atoms with Gasteiger partial charge in [0.25, 0.3) is 5.91 Å². The topological polar surface area (TPSA) is 69.9 Å². The number of aliphatic imine (C=N–C) groups is 1. The first-order chi connectivity index (χ1) is 13.1. The molecule has 1 aromatic heterocycles. The molecule has 0 radical (unpaired) electrons. The van der Waals surface area contributed by atoms with Gasteiger partial charge in [-0.25, -0.2) is 0 Å². The molecule has 0 saturated heterocycles. The molecular formula is C21H29IN4O2. The van der Waals surface area contributed by atoms with Gasteiger partial charge < -0.3 is 20.0 Å². The molecule has 0 unspecified atom stereocenters. The zero-order valence-electron chi connectivity index (χ0n) is 16.5. The van der Waals surface area contributed by atoms with E-state index in [0.29, 0.717) is 18.7 Å². The standard InChI is InChI=1S/C21H28N4O2.HI/c1-4-5-6-12-25(3)21(22-2)24-15-17-9-7-10-18(14-17)20(26)23-16-19-11-8-13-27-19;/h4,7-11,13-14H,1,5-6,12,15-16H2,2-3H3,(H,22,24)(H,23,26);1H. The largest absolute Gasteiger partial charge is 0.467 e. The Labute approximate surface area is 184 Å². The van der Waals surface area contributed by atoms with E-state index < -0.39 is 0 Å². The number of hydrogen-bond acceptors (Lipinski definition) is 3. The first kappa shape index (κ1) is 23.7. The van der Waals surface area contributed by atoms with Crippen molar-refractivity contribution in [3.05, 3.63) is 72.2 Å². The average Bonchev–Trinajstić information content (AvgIpc) is 3.20. The van der Waals surface area contributed by atoms with E-state index in [4.69, 9.17) is 4.42 Å². The number of nitrogens with one attached hydrogen (secondary N) is 2. The van der Waals surface area contributed by atoms with Crippen LogP contribution in [0.3, 0.4) is 0 Å². The number of allylic oxidation sites excluding steroid dienone is 1. The molecule has 0 aliphatic heterocycles. The van der Waals surface area contributed by atoms with Gasteiger partial charge in [0.05, 0.1) is 12.8 Å². The van der Waals surface area contributed by atoms with Crippen LogP contribution in [-0.4, -0.2) is 37.4 Å². The van der Waals surface area contributed by atoms with Gasteiger partial charge in [-0.1, -0.05) is 18.2 Å². The summed E-state index contributed by atoms with van der Waals surface area (Å²) in [6, 6.07) is 11.2. The number of unbranched alkanes of at least 4 members (excludes halogenated alkanes) is 1. The summed E-state index contributed by atoms with van der Waals surface area (Å²) < 4.78 is 5.23. The van der Waals surface area contributed by atoms with Crippen molar-refractivity contribution < 1.29 is 9.21 Å². The molecule has 2 N–H and O–H groups in total. The first-order valence-corrected chi connectivity index (χ1v) is 9.06. The molecule has 2 aromatic rings. The monoisotopic (exact) mass is 496 g/mol. The second-order valence-corrected chi connectivity index (χ2v) is 6.22. The Morgan fingerprint density at radius 3 is 2.75 bits per heavy atom. The summed E-state index contributed by atoms with van der Waals surface area (Å²) in [7, 11) is 3.78. The van der Waals surface area contributed by atoms with Gasteiger partial charge in [0.15, 0.2) is 5.96 Å². The van der Waals surface area contributed by atoms with E-state index in [0.717, 1.165) is 36.7 Å². The second-order valence-electron chi connectivity index (χ2n) is 6.22. The number of halogens is 1. The first-order valence-electron chi connectivity index (χ1n) is 9.06. The van der Waals surface area contributed by atoms with Gasteiger partial charge in [0.2, 0.25) is 0 Å². The fourth-order valence-corrected chi connectivity index (χ4v) is 2.65. The Balaban J connectivity index is 0.00000392. The maximum absolute atomic E-state index is 12.3. The molecule has 0 aliphatic carbocycles. The van der Waals surface area contributed by atoms with Gasteiger partial charge in [0, 0.05) is 32.7 Å². The van der Waals surface area contributed by atoms with Crippen molar-refractivity contribution in [2.45, 2.75) is 25.9 Å². The number of guanidine groups is 1. The third-order valence-corrected chi connectivity index (χ3v) is 4.12. The number of furan rings is 1. The van der Waals surface area contributed by atoms with E-state index >= 15 is 0 Å². The molecule has 1 amide bonds. The average molecular weight is 496 g/mol. The Bertz CT molecular complexity index is 760. The molecule has 6 nitrogen and oxygen atoms in total. The predicted molar refractivity (Wildman–Crippen MR) is 124 cm³/mol. The molecule has 1 aromatic carbocycles. The van der Waals surface area contributed by atoms with Gasteiger partial charge in [0.1, 0.15) is 5.76 Å². The maximum atomic E-state index is 12.3. The van der Waals surface area contributed by atoms with Crippen molar-refractivity contribution in [3.63, 3.8) is 0 Å². The molecule has 0 spiro atoms. The highest BCUT2D eigenvalue weighted by Crippen LogP contribution is 2.07. The normalized spacial score (nSPS) is 10.7. The third kappa shape index (κ3) is 7.75. The summed E-state index contributed by atoms with van der Waals surface area (Å²) in [6.07, 6.45) is 5.53. The minimum Gasteiger partial charge on any atom is -0.467 e. The van der Waals surface area contributed by atoms with E-state index in [9.17, 15) is 4.79 Å². The van der Waals surface area contributed by atoms with Crippen LogP contribution < -0.4 is 10.6 Å². The number of hydrogen-bond donors (Lipinski definition) is 2. The van der Waals surface area contributed by atoms with E-state index in [2.05, 4.69) is 27.1 Å². The Hall–Kier alpha value is -2.29. The van der Waals surface area contributed by atoms with E-state index in [1.54, 1.807) is 25.4 Å². The lowest BCUT2D eigenvalue weighted by Gasteiger charge is -2.22. The highest BCUT2D eigenvalue weighted by Gasteiger charge is 2.09. The fraction of sp³-hybridized carbons (Fsp3) is 0.333. The van der Waals surface area contributed by atoms with Gasteiger partial charge >= 0.3 is 0 Å². The van der Waals surface area contributed by atoms with E-state index in [-0.39, 0.29) is 29.9 Å². The lowest BCUT2D eigenvalue weighted by molar-refractivity contribution is 0.0948. The highest BCUT2D eigenvalue weighted by atomic mass is 127. The van der Waals surface area contributed by atoms with E-state index in [1.165, 1.54) is 0 Å². The number of carbonyl (C=O) groups is 1. The van der Waals surface area contributed by atoms with Crippen LogP contribution in [0.5, 0.6) is 0 Å². The van der Waals surface area contributed by atoms with Crippen LogP contribution in [0.15, 0.2) is 64.7 Å². The van der Waals surface area contributed by atoms with Crippen LogP contribution in [0.25, 0.3) is 0 Å². The number of rotatable bonds is 9. The van der Waals surface area contributed by atoms with Crippen molar-refractivity contribution in [1.82, 2.24) is 15.5 Å². The number of amides is 1. The Kier molecular flexibility index (Phi) is 11.0. The van der Waals surface area contributed by atoms with Crippen LogP contribution in [0.2, 0.25) is 0 Å². The molecule has 7 heteroatoms. The second kappa shape index (κ2) is 13.0. The van der Waals surface area contributed by atoms with Gasteiger partial charge in [-0.2, -0.15) is 0 Å². The number of benzene rings is 1. The molecule has 0 fully saturated rings. The minimum atomic E-state index is -0.126. The van der Waals surface area contributed by atoms with Crippen molar-refractivity contribution in [3.8, 4) is 0 Å². The maximum Gasteiger partial charge on any atom is 0.251 e. The van der Waals surface area contributed by atoms with Gasteiger partial charge in [-0.15, -0.1) is 30.6 Å². The summed E-state index contributed by atoms with van der Waals surface area (Å²) in [5.41, 5.74) is 1.64. The van der Waals surface area contributed by atoms with Crippen LogP contribution in [0, 0.1) is 0 Å². The quantitative estimate of drug-likeness (QED) is 0.182. The zero-order valence-corrected chi connectivity index (χ0v) is 18.8. The van der Waals surface area contributed by atoms with Gasteiger partial charge in [-0.3, -0.25) is 9.79 Å². The fourth-order valence-electron chi connectivity index (χ4n) is 2.65. The summed E-state index contributed by atoms with van der Waals surface area (Å²) in [5.74, 6) is 1.43. The number of nitrogens with zero attached hydrogens (tertiary/aromatic N) is 2. The lowest BCUT2D eigenvalue weighted by atomic mass is 10.1. The molecule has 28 heavy (non-hydrogen) atoms. The summed E-state index contributed by atoms with van der Waals surface area (Å²) in [5, 5.41) is 6.19. The lowest BCUT2D eigenvalue weighted by Crippen LogP contribution is -2.39. The van der Waals surface area contributed by atoms with Crippen molar-refractivity contribution >= 4 is 35.8 Å². The molecule has 0 aliphatic rings. The van der Waals surface area contributed by atoms with Crippen molar-refractivity contribution in [1.29, 1.82) is 0 Å². The highest BCUT2D eigenvalue weighted by molar-refractivity contribution is 14.0. The number of carbonyl (C=O) groups excluding carboxylic acids is 1. The van der Waals surface area contributed by atoms with Crippen LogP contribution in [0.4, 0.5) is 0 Å². The third-order valence-electron chi connectivity index (χ3n) is 4.12. The SMILES string of the molecule is C=CCCCN(C)C(=NC)NCc1cccc(C(=O)NCc2ccco2)c1.I. The Morgan fingerprint density at radius 2 is 2.07 bits per heavy atom. The molecule has 0 saturated carbocycles. The molecule has 2 rings (SSSR count). The van der Waals surface area contributed by atoms with Crippen molar-refractivity contribution in [2.24, 2.45) is 4.99 Å². The summed E-state index contributed by atoms with van der Waals surface area (Å²) in [4.78, 5) is 18.7. The van der Waals surface area contributed by atoms with Gasteiger partial charge in [-0.05, 0) is 42.7 Å². The zero-order chi connectivity index (χ0) is 19.5. The molecule has 0 bridgehead atoms. The summed E-state index contributed by atoms with van der Waals surface area (Å²) >= 11 is 0. The molecule has 0 atom stereocenters. The smallest absolute Gasteiger partial charge is 0.251 e. The molecule has 1 heterocycles. The molecular weight excluding hydrogens is 467 g/mol. The van der Waals surface area contributed by atoms with E-state index in [1.807, 2.05) is 37.4 Å².